The van der Waals surface area contributed by atoms with Crippen LogP contribution in [0.15, 0.2) is 12.1 Å². The van der Waals surface area contributed by atoms with Crippen LogP contribution in [0.4, 0.5) is 5.82 Å². The molecule has 70 valence electrons. The van der Waals surface area contributed by atoms with E-state index in [2.05, 4.69) is 4.98 Å². The predicted molar refractivity (Wildman–Crippen MR) is 51.8 cm³/mol. The second-order valence-corrected chi connectivity index (χ2v) is 3.08. The number of nitrogens with two attached hydrogens (primary N) is 1. The molecule has 0 aliphatic heterocycles. The average molecular weight is 179 g/mol. The maximum atomic E-state index is 11.0. The Hall–Kier alpha value is -1.58. The molecular formula is C9H13N3O. The molecule has 0 aromatic carbocycles. The lowest BCUT2D eigenvalue weighted by Gasteiger charge is -2.14. The lowest BCUT2D eigenvalue weighted by Crippen LogP contribution is -2.20. The van der Waals surface area contributed by atoms with Gasteiger partial charge < -0.3 is 10.6 Å². The van der Waals surface area contributed by atoms with Crippen molar-refractivity contribution in [3.63, 3.8) is 0 Å². The van der Waals surface area contributed by atoms with E-state index in [-0.39, 0.29) is 0 Å². The van der Waals surface area contributed by atoms with Gasteiger partial charge in [0.15, 0.2) is 0 Å². The number of hydrogen-bond acceptors (Lipinski definition) is 3. The second-order valence-electron chi connectivity index (χ2n) is 3.08. The number of nitrogens with zero attached hydrogens (tertiary/aromatic N) is 2. The number of primary amides is 1. The fourth-order valence-electron chi connectivity index (χ4n) is 1.08. The van der Waals surface area contributed by atoms with Crippen molar-refractivity contribution in [1.29, 1.82) is 0 Å². The lowest BCUT2D eigenvalue weighted by atomic mass is 10.2. The fourth-order valence-corrected chi connectivity index (χ4v) is 1.08. The summed E-state index contributed by atoms with van der Waals surface area (Å²) in [5.41, 5.74) is 6.52. The Morgan fingerprint density at radius 2 is 2.08 bits per heavy atom. The zero-order valence-corrected chi connectivity index (χ0v) is 8.03. The van der Waals surface area contributed by atoms with Crippen LogP contribution in [0.2, 0.25) is 0 Å². The fraction of sp³-hybridized carbons (Fsp3) is 0.333. The molecule has 0 atom stereocenters. The van der Waals surface area contributed by atoms with E-state index in [1.165, 1.54) is 0 Å². The Bertz CT molecular complexity index is 334. The van der Waals surface area contributed by atoms with Crippen molar-refractivity contribution in [3.8, 4) is 0 Å². The molecule has 1 amide bonds. The van der Waals surface area contributed by atoms with Crippen molar-refractivity contribution in [3.05, 3.63) is 23.4 Å². The van der Waals surface area contributed by atoms with E-state index in [1.54, 1.807) is 17.0 Å². The van der Waals surface area contributed by atoms with Gasteiger partial charge in [-0.25, -0.2) is 4.98 Å². The van der Waals surface area contributed by atoms with E-state index in [0.29, 0.717) is 11.4 Å². The topological polar surface area (TPSA) is 59.2 Å². The Kier molecular flexibility index (Phi) is 2.51. The van der Waals surface area contributed by atoms with Crippen molar-refractivity contribution in [2.24, 2.45) is 5.73 Å². The largest absolute Gasteiger partial charge is 0.365 e. The molecule has 0 saturated carbocycles. The molecule has 4 nitrogen and oxygen atoms in total. The number of anilines is 1. The molecule has 0 aliphatic rings. The zero-order chi connectivity index (χ0) is 10.0. The number of aromatic nitrogens is 1. The summed E-state index contributed by atoms with van der Waals surface area (Å²) in [6.07, 6.45) is 0. The molecule has 1 aromatic rings. The van der Waals surface area contributed by atoms with Crippen LogP contribution in [0.25, 0.3) is 0 Å². The van der Waals surface area contributed by atoms with E-state index in [0.717, 1.165) is 5.69 Å². The highest BCUT2D eigenvalue weighted by Gasteiger charge is 2.10. The van der Waals surface area contributed by atoms with Gasteiger partial charge in [0.25, 0.3) is 5.91 Å². The van der Waals surface area contributed by atoms with Crippen LogP contribution in [-0.4, -0.2) is 25.0 Å². The molecule has 0 aliphatic carbocycles. The van der Waals surface area contributed by atoms with Gasteiger partial charge >= 0.3 is 0 Å². The third-order valence-electron chi connectivity index (χ3n) is 1.70. The van der Waals surface area contributed by atoms with Gasteiger partial charge in [0.05, 0.1) is 5.56 Å². The molecule has 4 heteroatoms. The molecule has 0 bridgehead atoms. The minimum Gasteiger partial charge on any atom is -0.365 e. The van der Waals surface area contributed by atoms with Gasteiger partial charge in [-0.1, -0.05) is 0 Å². The highest BCUT2D eigenvalue weighted by Crippen LogP contribution is 2.14. The van der Waals surface area contributed by atoms with Crippen LogP contribution in [0.5, 0.6) is 0 Å². The summed E-state index contributed by atoms with van der Waals surface area (Å²) in [7, 11) is 3.66. The zero-order valence-electron chi connectivity index (χ0n) is 8.03. The van der Waals surface area contributed by atoms with Crippen molar-refractivity contribution in [2.75, 3.05) is 19.0 Å². The SMILES string of the molecule is Cc1ccc(C(N)=O)c(N(C)C)n1. The van der Waals surface area contributed by atoms with Crippen LogP contribution >= 0.6 is 0 Å². The highest BCUT2D eigenvalue weighted by atomic mass is 16.1. The van der Waals surface area contributed by atoms with Crippen LogP contribution in [0, 0.1) is 6.92 Å². The third-order valence-corrected chi connectivity index (χ3v) is 1.70. The smallest absolute Gasteiger partial charge is 0.252 e. The van der Waals surface area contributed by atoms with E-state index in [4.69, 9.17) is 5.73 Å². The van der Waals surface area contributed by atoms with E-state index >= 15 is 0 Å². The molecule has 2 N–H and O–H groups in total. The quantitative estimate of drug-likeness (QED) is 0.721. The van der Waals surface area contributed by atoms with Gasteiger partial charge in [-0.05, 0) is 19.1 Å². The molecule has 0 fully saturated rings. The van der Waals surface area contributed by atoms with Gasteiger partial charge in [-0.2, -0.15) is 0 Å². The van der Waals surface area contributed by atoms with Gasteiger partial charge in [0.2, 0.25) is 0 Å². The van der Waals surface area contributed by atoms with Crippen LogP contribution in [-0.2, 0) is 0 Å². The summed E-state index contributed by atoms with van der Waals surface area (Å²) in [4.78, 5) is 17.0. The summed E-state index contributed by atoms with van der Waals surface area (Å²) >= 11 is 0. The Morgan fingerprint density at radius 1 is 1.46 bits per heavy atom. The van der Waals surface area contributed by atoms with E-state index in [1.807, 2.05) is 21.0 Å². The van der Waals surface area contributed by atoms with Crippen LogP contribution < -0.4 is 10.6 Å². The Labute approximate surface area is 77.4 Å². The molecule has 0 radical (unpaired) electrons. The predicted octanol–water partition coefficient (Wildman–Crippen LogP) is 0.555. The van der Waals surface area contributed by atoms with Crippen molar-refractivity contribution < 1.29 is 4.79 Å². The minimum atomic E-state index is -0.448. The standard InChI is InChI=1S/C9H13N3O/c1-6-4-5-7(8(10)13)9(11-6)12(2)3/h4-5H,1-3H3,(H2,10,13). The number of carbonyl (C=O) groups is 1. The first-order chi connectivity index (χ1) is 6.02. The van der Waals surface area contributed by atoms with E-state index < -0.39 is 5.91 Å². The number of rotatable bonds is 2. The number of carbonyl (C=O) groups excluding carboxylic acids is 1. The molecule has 0 unspecified atom stereocenters. The number of hydrogen-bond donors (Lipinski definition) is 1. The van der Waals surface area contributed by atoms with Gasteiger partial charge in [-0.15, -0.1) is 0 Å². The Morgan fingerprint density at radius 3 is 2.54 bits per heavy atom. The number of amides is 1. The summed E-state index contributed by atoms with van der Waals surface area (Å²) in [6, 6.07) is 3.47. The van der Waals surface area contributed by atoms with E-state index in [9.17, 15) is 4.79 Å². The summed E-state index contributed by atoms with van der Waals surface area (Å²) in [5, 5.41) is 0. The molecular weight excluding hydrogens is 166 g/mol. The van der Waals surface area contributed by atoms with Crippen LogP contribution in [0.3, 0.4) is 0 Å². The van der Waals surface area contributed by atoms with Crippen LogP contribution in [0.1, 0.15) is 16.1 Å². The monoisotopic (exact) mass is 179 g/mol. The van der Waals surface area contributed by atoms with Crippen molar-refractivity contribution in [2.45, 2.75) is 6.92 Å². The van der Waals surface area contributed by atoms with Gasteiger partial charge in [0, 0.05) is 19.8 Å². The molecule has 1 heterocycles. The average Bonchev–Trinajstić information content (AvgIpc) is 2.03. The Balaban J connectivity index is 3.26. The first kappa shape index (κ1) is 9.51. The number of pyridine rings is 1. The molecule has 1 rings (SSSR count). The molecule has 0 saturated heterocycles. The maximum absolute atomic E-state index is 11.0. The lowest BCUT2D eigenvalue weighted by molar-refractivity contribution is 0.100. The molecule has 1 aromatic heterocycles. The van der Waals surface area contributed by atoms with Crippen molar-refractivity contribution >= 4 is 11.7 Å². The normalized spacial score (nSPS) is 9.77. The summed E-state index contributed by atoms with van der Waals surface area (Å²) in [6.45, 7) is 1.87. The second kappa shape index (κ2) is 3.43. The first-order valence-corrected chi connectivity index (χ1v) is 3.97. The summed E-state index contributed by atoms with van der Waals surface area (Å²) < 4.78 is 0. The highest BCUT2D eigenvalue weighted by molar-refractivity contribution is 5.97. The summed E-state index contributed by atoms with van der Waals surface area (Å²) in [5.74, 6) is 0.170. The minimum absolute atomic E-state index is 0.448. The number of aryl methyl sites for hydroxylation is 1. The molecule has 0 spiro atoms. The van der Waals surface area contributed by atoms with Crippen molar-refractivity contribution in [1.82, 2.24) is 4.98 Å². The first-order valence-electron chi connectivity index (χ1n) is 3.97. The molecule has 13 heavy (non-hydrogen) atoms. The van der Waals surface area contributed by atoms with Gasteiger partial charge in [0.1, 0.15) is 5.82 Å². The maximum Gasteiger partial charge on any atom is 0.252 e. The van der Waals surface area contributed by atoms with Gasteiger partial charge in [-0.3, -0.25) is 4.79 Å². The third kappa shape index (κ3) is 1.96.